The largest absolute Gasteiger partial charge is 0.352 e. The zero-order valence-electron chi connectivity index (χ0n) is 16.4. The predicted octanol–water partition coefficient (Wildman–Crippen LogP) is 2.91. The average molecular weight is 361 g/mol. The molecule has 144 valence electrons. The van der Waals surface area contributed by atoms with Crippen molar-refractivity contribution in [2.24, 2.45) is 5.92 Å². The van der Waals surface area contributed by atoms with Gasteiger partial charge in [0.25, 0.3) is 0 Å². The van der Waals surface area contributed by atoms with E-state index >= 15 is 0 Å². The number of hydrogen-bond acceptors (Lipinski definition) is 3. The Morgan fingerprint density at radius 1 is 1.19 bits per heavy atom. The van der Waals surface area contributed by atoms with E-state index in [0.29, 0.717) is 6.04 Å². The fourth-order valence-corrected chi connectivity index (χ4v) is 3.97. The van der Waals surface area contributed by atoms with Gasteiger partial charge in [-0.15, -0.1) is 0 Å². The summed E-state index contributed by atoms with van der Waals surface area (Å²) in [6.45, 7) is 8.10. The van der Waals surface area contributed by atoms with Gasteiger partial charge in [-0.1, -0.05) is 19.3 Å². The molecule has 0 radical (unpaired) electrons. The van der Waals surface area contributed by atoms with Gasteiger partial charge in [0.15, 0.2) is 0 Å². The van der Waals surface area contributed by atoms with Crippen LogP contribution in [0, 0.1) is 5.92 Å². The highest BCUT2D eigenvalue weighted by Crippen LogP contribution is 2.48. The van der Waals surface area contributed by atoms with Gasteiger partial charge in [0.1, 0.15) is 5.54 Å². The monoisotopic (exact) mass is 360 g/mol. The van der Waals surface area contributed by atoms with E-state index in [1.165, 1.54) is 0 Å². The molecule has 0 bridgehead atoms. The summed E-state index contributed by atoms with van der Waals surface area (Å²) in [5.74, 6) is 0.195. The van der Waals surface area contributed by atoms with Gasteiger partial charge in [0.2, 0.25) is 11.8 Å². The second-order valence-electron chi connectivity index (χ2n) is 8.56. The summed E-state index contributed by atoms with van der Waals surface area (Å²) in [4.78, 5) is 25.7. The molecule has 2 fully saturated rings. The van der Waals surface area contributed by atoms with Crippen LogP contribution in [0.1, 0.15) is 83.7 Å². The molecule has 1 aromatic heterocycles. The second kappa shape index (κ2) is 7.41. The molecule has 2 aliphatic rings. The molecule has 2 amide bonds. The number of nitrogens with one attached hydrogen (secondary N) is 2. The summed E-state index contributed by atoms with van der Waals surface area (Å²) in [5, 5.41) is 10.5. The smallest absolute Gasteiger partial charge is 0.245 e. The Labute approximate surface area is 156 Å². The van der Waals surface area contributed by atoms with Gasteiger partial charge in [-0.05, 0) is 58.4 Å². The lowest BCUT2D eigenvalue weighted by Gasteiger charge is -2.37. The molecule has 6 heteroatoms. The van der Waals surface area contributed by atoms with Crippen molar-refractivity contribution in [3.8, 4) is 0 Å². The average Bonchev–Trinajstić information content (AvgIpc) is 3.23. The number of rotatable bonds is 6. The number of aromatic nitrogens is 2. The maximum Gasteiger partial charge on any atom is 0.245 e. The molecule has 0 saturated heterocycles. The Morgan fingerprint density at radius 2 is 1.88 bits per heavy atom. The molecule has 2 N–H and O–H groups in total. The fraction of sp³-hybridized carbons (Fsp3) is 0.750. The molecule has 2 atom stereocenters. The summed E-state index contributed by atoms with van der Waals surface area (Å²) in [6.07, 6.45) is 9.34. The van der Waals surface area contributed by atoms with Gasteiger partial charge in [-0.25, -0.2) is 0 Å². The second-order valence-corrected chi connectivity index (χ2v) is 8.56. The number of amides is 2. The van der Waals surface area contributed by atoms with E-state index in [4.69, 9.17) is 0 Å². The third kappa shape index (κ3) is 3.94. The predicted molar refractivity (Wildman–Crippen MR) is 101 cm³/mol. The number of hydrogen-bond donors (Lipinski definition) is 2. The molecule has 2 aliphatic carbocycles. The molecule has 26 heavy (non-hydrogen) atoms. The molecule has 0 spiro atoms. The topological polar surface area (TPSA) is 76.0 Å². The lowest BCUT2D eigenvalue weighted by Crippen LogP contribution is -2.61. The summed E-state index contributed by atoms with van der Waals surface area (Å²) < 4.78 is 1.93. The van der Waals surface area contributed by atoms with E-state index in [2.05, 4.69) is 29.6 Å². The third-order valence-corrected chi connectivity index (χ3v) is 5.63. The molecule has 1 aromatic rings. The first-order chi connectivity index (χ1) is 12.3. The van der Waals surface area contributed by atoms with Gasteiger partial charge >= 0.3 is 0 Å². The molecule has 2 unspecified atom stereocenters. The quantitative estimate of drug-likeness (QED) is 0.819. The third-order valence-electron chi connectivity index (χ3n) is 5.63. The van der Waals surface area contributed by atoms with Crippen molar-refractivity contribution in [2.75, 3.05) is 0 Å². The molecule has 0 aliphatic heterocycles. The Morgan fingerprint density at radius 3 is 2.46 bits per heavy atom. The number of carbonyl (C=O) groups is 2. The maximum atomic E-state index is 12.9. The van der Waals surface area contributed by atoms with Gasteiger partial charge in [0, 0.05) is 24.2 Å². The summed E-state index contributed by atoms with van der Waals surface area (Å²) >= 11 is 0. The van der Waals surface area contributed by atoms with Crippen LogP contribution in [0.3, 0.4) is 0 Å². The normalized spacial score (nSPS) is 24.5. The van der Waals surface area contributed by atoms with Crippen LogP contribution in [0.4, 0.5) is 0 Å². The van der Waals surface area contributed by atoms with Crippen molar-refractivity contribution in [1.29, 1.82) is 0 Å². The Balaban J connectivity index is 1.66. The first-order valence-electron chi connectivity index (χ1n) is 9.99. The van der Waals surface area contributed by atoms with Crippen molar-refractivity contribution in [3.05, 3.63) is 18.0 Å². The van der Waals surface area contributed by atoms with Crippen LogP contribution in [-0.4, -0.2) is 33.2 Å². The molecular formula is C20H32N4O2. The molecule has 2 saturated carbocycles. The van der Waals surface area contributed by atoms with Crippen LogP contribution in [0.25, 0.3) is 0 Å². The summed E-state index contributed by atoms with van der Waals surface area (Å²) in [5.41, 5.74) is 0.401. The van der Waals surface area contributed by atoms with E-state index < -0.39 is 5.54 Å². The standard InChI is InChI=1S/C20H32N4O2/c1-13(2)22-19(26)20(8-6-5-7-9-20)23-18(25)17-10-16(17)15-11-21-24(12-15)14(3)4/h11-14,16-17H,5-10H2,1-4H3,(H,22,26)(H,23,25). The Bertz CT molecular complexity index is 659. The van der Waals surface area contributed by atoms with Gasteiger partial charge in [0.05, 0.1) is 6.20 Å². The minimum Gasteiger partial charge on any atom is -0.352 e. The molecule has 1 heterocycles. The molecule has 0 aromatic carbocycles. The van der Waals surface area contributed by atoms with Crippen LogP contribution < -0.4 is 10.6 Å². The van der Waals surface area contributed by atoms with Crippen LogP contribution in [-0.2, 0) is 9.59 Å². The Kier molecular flexibility index (Phi) is 5.39. The lowest BCUT2D eigenvalue weighted by molar-refractivity contribution is -0.136. The van der Waals surface area contributed by atoms with Crippen molar-refractivity contribution in [1.82, 2.24) is 20.4 Å². The zero-order chi connectivity index (χ0) is 18.9. The van der Waals surface area contributed by atoms with E-state index in [1.807, 2.05) is 30.9 Å². The number of carbonyl (C=O) groups excluding carboxylic acids is 2. The highest BCUT2D eigenvalue weighted by atomic mass is 16.2. The highest BCUT2D eigenvalue weighted by Gasteiger charge is 2.49. The van der Waals surface area contributed by atoms with Crippen LogP contribution in [0.5, 0.6) is 0 Å². The zero-order valence-corrected chi connectivity index (χ0v) is 16.4. The van der Waals surface area contributed by atoms with Crippen molar-refractivity contribution in [3.63, 3.8) is 0 Å². The van der Waals surface area contributed by atoms with Gasteiger partial charge in [-0.3, -0.25) is 14.3 Å². The summed E-state index contributed by atoms with van der Waals surface area (Å²) in [7, 11) is 0. The van der Waals surface area contributed by atoms with E-state index in [9.17, 15) is 9.59 Å². The van der Waals surface area contributed by atoms with Crippen LogP contribution >= 0.6 is 0 Å². The first-order valence-corrected chi connectivity index (χ1v) is 9.99. The van der Waals surface area contributed by atoms with Gasteiger partial charge < -0.3 is 10.6 Å². The SMILES string of the molecule is CC(C)NC(=O)C1(NC(=O)C2CC2c2cnn(C(C)C)c2)CCCCC1. The van der Waals surface area contributed by atoms with Crippen LogP contribution in [0.15, 0.2) is 12.4 Å². The van der Waals surface area contributed by atoms with Crippen LogP contribution in [0.2, 0.25) is 0 Å². The minimum absolute atomic E-state index is 0.0214. The van der Waals surface area contributed by atoms with Crippen molar-refractivity contribution >= 4 is 11.8 Å². The fourth-order valence-electron chi connectivity index (χ4n) is 3.97. The van der Waals surface area contributed by atoms with Crippen molar-refractivity contribution in [2.45, 2.75) is 89.8 Å². The molecular weight excluding hydrogens is 328 g/mol. The Hall–Kier alpha value is -1.85. The lowest BCUT2D eigenvalue weighted by atomic mass is 9.80. The first kappa shape index (κ1) is 18.9. The van der Waals surface area contributed by atoms with Gasteiger partial charge in [-0.2, -0.15) is 5.10 Å². The van der Waals surface area contributed by atoms with Crippen molar-refractivity contribution < 1.29 is 9.59 Å². The summed E-state index contributed by atoms with van der Waals surface area (Å²) in [6, 6.07) is 0.397. The minimum atomic E-state index is -0.727. The molecule has 6 nitrogen and oxygen atoms in total. The maximum absolute atomic E-state index is 12.9. The van der Waals surface area contributed by atoms with E-state index in [0.717, 1.165) is 44.1 Å². The molecule has 3 rings (SSSR count). The highest BCUT2D eigenvalue weighted by molar-refractivity contribution is 5.93. The van der Waals surface area contributed by atoms with E-state index in [-0.39, 0.29) is 29.7 Å². The van der Waals surface area contributed by atoms with E-state index in [1.54, 1.807) is 0 Å². The number of nitrogens with zero attached hydrogens (tertiary/aromatic N) is 2.